The van der Waals surface area contributed by atoms with Crippen molar-refractivity contribution < 1.29 is 23.1 Å². The Bertz CT molecular complexity index is 451. The molecule has 1 fully saturated rings. The first kappa shape index (κ1) is 16.9. The molecule has 0 unspecified atom stereocenters. The maximum Gasteiger partial charge on any atom is 0.329 e. The van der Waals surface area contributed by atoms with Crippen LogP contribution in [0.3, 0.4) is 0 Å². The summed E-state index contributed by atoms with van der Waals surface area (Å²) in [4.78, 5) is 23.1. The summed E-state index contributed by atoms with van der Waals surface area (Å²) in [5.41, 5.74) is -1.27. The van der Waals surface area contributed by atoms with E-state index in [2.05, 4.69) is 5.32 Å². The van der Waals surface area contributed by atoms with Crippen LogP contribution in [0.2, 0.25) is 0 Å². The second-order valence-corrected chi connectivity index (χ2v) is 7.63. The van der Waals surface area contributed by atoms with Gasteiger partial charge in [-0.3, -0.25) is 4.79 Å². The topological polar surface area (TPSA) is 101 Å². The second-order valence-electron chi connectivity index (χ2n) is 5.44. The summed E-state index contributed by atoms with van der Waals surface area (Å²) in [5, 5.41) is 11.6. The SMILES string of the molecule is CCCCCS(=O)(=O)CC(=O)NC1(C(=O)O)CCCC1. The lowest BCUT2D eigenvalue weighted by molar-refractivity contribution is -0.147. The van der Waals surface area contributed by atoms with E-state index in [4.69, 9.17) is 0 Å². The van der Waals surface area contributed by atoms with Crippen molar-refractivity contribution in [2.45, 2.75) is 57.4 Å². The van der Waals surface area contributed by atoms with E-state index in [0.717, 1.165) is 25.7 Å². The normalized spacial score (nSPS) is 17.9. The zero-order chi connectivity index (χ0) is 15.2. The van der Waals surface area contributed by atoms with Crippen molar-refractivity contribution in [2.75, 3.05) is 11.5 Å². The molecule has 7 heteroatoms. The lowest BCUT2D eigenvalue weighted by Crippen LogP contribution is -2.54. The molecular weight excluding hydrogens is 282 g/mol. The number of carbonyl (C=O) groups excluding carboxylic acids is 1. The van der Waals surface area contributed by atoms with Gasteiger partial charge in [-0.2, -0.15) is 0 Å². The summed E-state index contributed by atoms with van der Waals surface area (Å²) >= 11 is 0. The number of nitrogens with one attached hydrogen (secondary N) is 1. The Balaban J connectivity index is 2.56. The minimum Gasteiger partial charge on any atom is -0.480 e. The number of hydrogen-bond acceptors (Lipinski definition) is 4. The van der Waals surface area contributed by atoms with Crippen molar-refractivity contribution in [1.29, 1.82) is 0 Å². The largest absolute Gasteiger partial charge is 0.480 e. The molecule has 1 amide bonds. The van der Waals surface area contributed by atoms with Crippen LogP contribution in [0.25, 0.3) is 0 Å². The number of aliphatic carboxylic acids is 1. The number of hydrogen-bond donors (Lipinski definition) is 2. The molecule has 0 aromatic carbocycles. The van der Waals surface area contributed by atoms with Crippen LogP contribution in [0.15, 0.2) is 0 Å². The van der Waals surface area contributed by atoms with Crippen LogP contribution < -0.4 is 5.32 Å². The van der Waals surface area contributed by atoms with Crippen molar-refractivity contribution in [2.24, 2.45) is 0 Å². The molecular formula is C13H23NO5S. The maximum absolute atomic E-state index is 11.8. The molecule has 0 atom stereocenters. The lowest BCUT2D eigenvalue weighted by Gasteiger charge is -2.25. The molecule has 0 heterocycles. The third-order valence-corrected chi connectivity index (χ3v) is 5.27. The van der Waals surface area contributed by atoms with Crippen molar-refractivity contribution in [3.63, 3.8) is 0 Å². The summed E-state index contributed by atoms with van der Waals surface area (Å²) in [5.74, 6) is -2.42. The first-order chi connectivity index (χ1) is 9.31. The average Bonchev–Trinajstić information content (AvgIpc) is 2.78. The highest BCUT2D eigenvalue weighted by Crippen LogP contribution is 2.29. The van der Waals surface area contributed by atoms with E-state index in [0.29, 0.717) is 19.3 Å². The van der Waals surface area contributed by atoms with Gasteiger partial charge in [0.15, 0.2) is 9.84 Å². The molecule has 0 aromatic heterocycles. The average molecular weight is 305 g/mol. The molecule has 0 aliphatic heterocycles. The third kappa shape index (κ3) is 4.77. The highest BCUT2D eigenvalue weighted by atomic mass is 32.2. The van der Waals surface area contributed by atoms with E-state index in [1.807, 2.05) is 6.92 Å². The van der Waals surface area contributed by atoms with Gasteiger partial charge in [0.25, 0.3) is 0 Å². The fourth-order valence-electron chi connectivity index (χ4n) is 2.52. The quantitative estimate of drug-likeness (QED) is 0.654. The molecule has 0 radical (unpaired) electrons. The summed E-state index contributed by atoms with van der Waals surface area (Å²) < 4.78 is 23.5. The zero-order valence-corrected chi connectivity index (χ0v) is 12.7. The molecule has 1 aliphatic rings. The number of sulfone groups is 1. The number of amides is 1. The van der Waals surface area contributed by atoms with Crippen LogP contribution in [0, 0.1) is 0 Å². The fraction of sp³-hybridized carbons (Fsp3) is 0.846. The van der Waals surface area contributed by atoms with Crippen molar-refractivity contribution in [3.05, 3.63) is 0 Å². The van der Waals surface area contributed by atoms with Gasteiger partial charge in [-0.05, 0) is 19.3 Å². The van der Waals surface area contributed by atoms with Crippen LogP contribution in [0.1, 0.15) is 51.9 Å². The van der Waals surface area contributed by atoms with Crippen LogP contribution >= 0.6 is 0 Å². The van der Waals surface area contributed by atoms with E-state index >= 15 is 0 Å². The number of rotatable bonds is 8. The fourth-order valence-corrected chi connectivity index (χ4v) is 3.78. The number of unbranched alkanes of at least 4 members (excludes halogenated alkanes) is 2. The first-order valence-electron chi connectivity index (χ1n) is 7.06. The highest BCUT2D eigenvalue weighted by Gasteiger charge is 2.42. The molecule has 1 rings (SSSR count). The van der Waals surface area contributed by atoms with Gasteiger partial charge in [0.2, 0.25) is 5.91 Å². The number of carboxylic acids is 1. The van der Waals surface area contributed by atoms with Gasteiger partial charge in [-0.15, -0.1) is 0 Å². The van der Waals surface area contributed by atoms with E-state index in [1.165, 1.54) is 0 Å². The lowest BCUT2D eigenvalue weighted by atomic mass is 9.98. The van der Waals surface area contributed by atoms with Gasteiger partial charge in [0.1, 0.15) is 11.3 Å². The molecule has 0 bridgehead atoms. The predicted molar refractivity (Wildman–Crippen MR) is 75.2 cm³/mol. The van der Waals surface area contributed by atoms with Crippen molar-refractivity contribution >= 4 is 21.7 Å². The van der Waals surface area contributed by atoms with E-state index in [9.17, 15) is 23.1 Å². The molecule has 0 spiro atoms. The smallest absolute Gasteiger partial charge is 0.329 e. The van der Waals surface area contributed by atoms with Gasteiger partial charge in [-0.1, -0.05) is 32.6 Å². The molecule has 0 saturated heterocycles. The number of carboxylic acid groups (broad SMARTS) is 1. The van der Waals surface area contributed by atoms with Crippen LogP contribution in [-0.4, -0.2) is 42.4 Å². The van der Waals surface area contributed by atoms with Crippen LogP contribution in [0.5, 0.6) is 0 Å². The first-order valence-corrected chi connectivity index (χ1v) is 8.88. The molecule has 6 nitrogen and oxygen atoms in total. The van der Waals surface area contributed by atoms with Crippen LogP contribution in [0.4, 0.5) is 0 Å². The standard InChI is InChI=1S/C13H23NO5S/c1-2-3-6-9-20(18,19)10-11(15)14-13(12(16)17)7-4-5-8-13/h2-10H2,1H3,(H,14,15)(H,16,17). The van der Waals surface area contributed by atoms with Gasteiger partial charge >= 0.3 is 5.97 Å². The Kier molecular flexibility index (Phi) is 5.98. The molecule has 2 N–H and O–H groups in total. The van der Waals surface area contributed by atoms with Gasteiger partial charge in [-0.25, -0.2) is 13.2 Å². The molecule has 1 saturated carbocycles. The summed E-state index contributed by atoms with van der Waals surface area (Å²) in [6, 6.07) is 0. The summed E-state index contributed by atoms with van der Waals surface area (Å²) in [6.07, 6.45) is 4.44. The minimum absolute atomic E-state index is 0.0195. The summed E-state index contributed by atoms with van der Waals surface area (Å²) in [7, 11) is -3.45. The monoisotopic (exact) mass is 305 g/mol. The Morgan fingerprint density at radius 3 is 2.30 bits per heavy atom. The van der Waals surface area contributed by atoms with Crippen molar-refractivity contribution in [3.8, 4) is 0 Å². The molecule has 20 heavy (non-hydrogen) atoms. The number of carbonyl (C=O) groups is 2. The summed E-state index contributed by atoms with van der Waals surface area (Å²) in [6.45, 7) is 1.97. The maximum atomic E-state index is 11.8. The van der Waals surface area contributed by atoms with Crippen LogP contribution in [-0.2, 0) is 19.4 Å². The third-order valence-electron chi connectivity index (χ3n) is 3.66. The Hall–Kier alpha value is -1.11. The molecule has 0 aromatic rings. The highest BCUT2D eigenvalue weighted by molar-refractivity contribution is 7.92. The molecule has 116 valence electrons. The van der Waals surface area contributed by atoms with Gasteiger partial charge in [0.05, 0.1) is 5.75 Å². The Labute approximate surface area is 119 Å². The minimum atomic E-state index is -3.45. The van der Waals surface area contributed by atoms with E-state index in [1.54, 1.807) is 0 Å². The van der Waals surface area contributed by atoms with Gasteiger partial charge in [0, 0.05) is 0 Å². The second kappa shape index (κ2) is 7.06. The van der Waals surface area contributed by atoms with E-state index < -0.39 is 33.0 Å². The zero-order valence-electron chi connectivity index (χ0n) is 11.9. The van der Waals surface area contributed by atoms with Crippen molar-refractivity contribution in [1.82, 2.24) is 5.32 Å². The molecule has 1 aliphatic carbocycles. The predicted octanol–water partition coefficient (Wildman–Crippen LogP) is 1.10. The van der Waals surface area contributed by atoms with Gasteiger partial charge < -0.3 is 10.4 Å². The van der Waals surface area contributed by atoms with E-state index in [-0.39, 0.29) is 5.75 Å². The Morgan fingerprint density at radius 1 is 1.20 bits per heavy atom. The Morgan fingerprint density at radius 2 is 1.80 bits per heavy atom.